The van der Waals surface area contributed by atoms with E-state index >= 15 is 0 Å². The molecule has 0 spiro atoms. The maximum absolute atomic E-state index is 13.3. The molecule has 2 aromatic heterocycles. The Kier molecular flexibility index (Phi) is 7.36. The van der Waals surface area contributed by atoms with E-state index in [0.29, 0.717) is 41.2 Å². The number of nitrogens with zero attached hydrogens (tertiary/aromatic N) is 6. The van der Waals surface area contributed by atoms with Gasteiger partial charge in [-0.2, -0.15) is 5.10 Å². The summed E-state index contributed by atoms with van der Waals surface area (Å²) in [4.78, 5) is 27.4. The molecule has 0 atom stereocenters. The van der Waals surface area contributed by atoms with E-state index < -0.39 is 0 Å². The number of rotatable bonds is 5. The van der Waals surface area contributed by atoms with Gasteiger partial charge in [-0.25, -0.2) is 14.6 Å². The summed E-state index contributed by atoms with van der Waals surface area (Å²) in [5.74, 6) is 2.03. The fourth-order valence-corrected chi connectivity index (χ4v) is 5.29. The van der Waals surface area contributed by atoms with Gasteiger partial charge in [0.1, 0.15) is 11.6 Å². The molecule has 0 bridgehead atoms. The number of halogens is 2. The van der Waals surface area contributed by atoms with Crippen LogP contribution in [-0.2, 0) is 6.42 Å². The van der Waals surface area contributed by atoms with E-state index in [-0.39, 0.29) is 5.91 Å². The topological polar surface area (TPSA) is 67.2 Å². The van der Waals surface area contributed by atoms with Crippen molar-refractivity contribution in [3.05, 3.63) is 75.7 Å². The third-order valence-corrected chi connectivity index (χ3v) is 7.11. The van der Waals surface area contributed by atoms with Crippen molar-refractivity contribution in [2.45, 2.75) is 33.6 Å². The zero-order valence-corrected chi connectivity index (χ0v) is 22.8. The Morgan fingerprint density at radius 3 is 2.51 bits per heavy atom. The maximum Gasteiger partial charge on any atom is 0.255 e. The number of hydrogen-bond acceptors (Lipinski definition) is 5. The van der Waals surface area contributed by atoms with Gasteiger partial charge in [0.05, 0.1) is 27.4 Å². The van der Waals surface area contributed by atoms with Crippen molar-refractivity contribution in [3.63, 3.8) is 0 Å². The molecule has 5 rings (SSSR count). The van der Waals surface area contributed by atoms with Crippen molar-refractivity contribution < 1.29 is 4.79 Å². The fourth-order valence-electron chi connectivity index (χ4n) is 4.81. The number of aryl methyl sites for hydroxylation is 1. The smallest absolute Gasteiger partial charge is 0.255 e. The van der Waals surface area contributed by atoms with Crippen molar-refractivity contribution in [1.82, 2.24) is 24.6 Å². The minimum atomic E-state index is -0.0788. The Hall–Kier alpha value is -3.16. The Morgan fingerprint density at radius 2 is 1.78 bits per heavy atom. The van der Waals surface area contributed by atoms with E-state index in [2.05, 4.69) is 18.7 Å². The minimum Gasteiger partial charge on any atom is -0.354 e. The lowest BCUT2D eigenvalue weighted by atomic mass is 10.1. The van der Waals surface area contributed by atoms with Gasteiger partial charge in [-0.1, -0.05) is 55.2 Å². The fraction of sp³-hybridized carbons (Fsp3) is 0.357. The molecule has 1 aliphatic heterocycles. The number of benzene rings is 2. The summed E-state index contributed by atoms with van der Waals surface area (Å²) in [6.45, 7) is 8.99. The molecule has 1 saturated heterocycles. The molecule has 4 aromatic rings. The highest BCUT2D eigenvalue weighted by Gasteiger charge is 2.26. The maximum atomic E-state index is 13.3. The molecule has 1 fully saturated rings. The summed E-state index contributed by atoms with van der Waals surface area (Å²) in [5, 5.41) is 6.70. The number of hydrogen-bond donors (Lipinski definition) is 0. The monoisotopic (exact) mass is 536 g/mol. The van der Waals surface area contributed by atoms with E-state index in [1.54, 1.807) is 18.2 Å². The lowest BCUT2D eigenvalue weighted by molar-refractivity contribution is 0.0767. The molecule has 3 heterocycles. The summed E-state index contributed by atoms with van der Waals surface area (Å²) in [6, 6.07) is 15.1. The molecule has 7 nitrogen and oxygen atoms in total. The third-order valence-electron chi connectivity index (χ3n) is 6.57. The van der Waals surface area contributed by atoms with Crippen LogP contribution in [0.1, 0.15) is 42.1 Å². The van der Waals surface area contributed by atoms with E-state index in [0.717, 1.165) is 53.4 Å². The van der Waals surface area contributed by atoms with Gasteiger partial charge in [-0.15, -0.1) is 0 Å². The van der Waals surface area contributed by atoms with Crippen molar-refractivity contribution in [2.24, 2.45) is 5.92 Å². The van der Waals surface area contributed by atoms with E-state index in [9.17, 15) is 4.79 Å². The van der Waals surface area contributed by atoms with Crippen LogP contribution in [0.25, 0.3) is 16.7 Å². The van der Waals surface area contributed by atoms with Crippen LogP contribution in [0.2, 0.25) is 10.0 Å². The molecule has 0 radical (unpaired) electrons. The molecule has 0 saturated carbocycles. The number of anilines is 1. The molecule has 0 unspecified atom stereocenters. The summed E-state index contributed by atoms with van der Waals surface area (Å²) in [6.07, 6.45) is 1.59. The first-order valence-electron chi connectivity index (χ1n) is 12.6. The zero-order valence-electron chi connectivity index (χ0n) is 21.3. The third kappa shape index (κ3) is 5.29. The second kappa shape index (κ2) is 10.7. The highest BCUT2D eigenvalue weighted by Crippen LogP contribution is 2.30. The average molecular weight is 537 g/mol. The Morgan fingerprint density at radius 1 is 1.00 bits per heavy atom. The summed E-state index contributed by atoms with van der Waals surface area (Å²) >= 11 is 12.4. The first-order chi connectivity index (χ1) is 17.8. The number of carbonyl (C=O) groups excluding carboxylic acids is 1. The summed E-state index contributed by atoms with van der Waals surface area (Å²) in [5.41, 5.74) is 3.14. The predicted octanol–water partition coefficient (Wildman–Crippen LogP) is 5.98. The molecule has 9 heteroatoms. The quantitative estimate of drug-likeness (QED) is 0.313. The molecule has 2 aromatic carbocycles. The predicted molar refractivity (Wildman–Crippen MR) is 149 cm³/mol. The number of aromatic nitrogens is 4. The summed E-state index contributed by atoms with van der Waals surface area (Å²) in [7, 11) is 0. The van der Waals surface area contributed by atoms with E-state index in [1.165, 1.54) is 0 Å². The summed E-state index contributed by atoms with van der Waals surface area (Å²) < 4.78 is 1.91. The van der Waals surface area contributed by atoms with Gasteiger partial charge in [-0.3, -0.25) is 4.79 Å². The highest BCUT2D eigenvalue weighted by atomic mass is 35.5. The molecule has 1 aliphatic rings. The number of fused-ring (bicyclic) bond motifs is 1. The first-order valence-corrected chi connectivity index (χ1v) is 13.4. The largest absolute Gasteiger partial charge is 0.354 e. The van der Waals surface area contributed by atoms with Gasteiger partial charge in [0.15, 0.2) is 5.65 Å². The van der Waals surface area contributed by atoms with Crippen LogP contribution in [0, 0.1) is 12.8 Å². The van der Waals surface area contributed by atoms with Crippen LogP contribution >= 0.6 is 23.2 Å². The van der Waals surface area contributed by atoms with E-state index in [4.69, 9.17) is 38.3 Å². The van der Waals surface area contributed by atoms with Gasteiger partial charge < -0.3 is 9.80 Å². The van der Waals surface area contributed by atoms with Crippen LogP contribution in [0.3, 0.4) is 0 Å². The van der Waals surface area contributed by atoms with Gasteiger partial charge in [-0.05, 0) is 49.6 Å². The SMILES string of the molecule is Cc1nn(-c2ccccc2)c2nc(CC(C)C)nc(N3CCCN(C(=O)c4ccc(Cl)cc4Cl)CC3)c12. The van der Waals surface area contributed by atoms with E-state index in [1.807, 2.05) is 46.8 Å². The molecular formula is C28H30Cl2N6O. The minimum absolute atomic E-state index is 0.0788. The van der Waals surface area contributed by atoms with Crippen molar-refractivity contribution in [1.29, 1.82) is 0 Å². The van der Waals surface area contributed by atoms with Crippen LogP contribution < -0.4 is 4.90 Å². The van der Waals surface area contributed by atoms with Crippen molar-refractivity contribution in [2.75, 3.05) is 31.1 Å². The average Bonchev–Trinajstić information content (AvgIpc) is 3.03. The second-order valence-corrected chi connectivity index (χ2v) is 10.7. The van der Waals surface area contributed by atoms with Crippen molar-refractivity contribution >= 4 is 46.0 Å². The molecule has 37 heavy (non-hydrogen) atoms. The molecule has 0 N–H and O–H groups in total. The number of para-hydroxylation sites is 1. The zero-order chi connectivity index (χ0) is 26.1. The van der Waals surface area contributed by atoms with Crippen LogP contribution in [0.5, 0.6) is 0 Å². The second-order valence-electron chi connectivity index (χ2n) is 9.85. The standard InChI is InChI=1S/C28H30Cl2N6O/c1-18(2)16-24-31-26(25-19(3)33-36(27(25)32-24)21-8-5-4-6-9-21)34-12-7-13-35(15-14-34)28(37)22-11-10-20(29)17-23(22)30/h4-6,8-11,17-18H,7,12-16H2,1-3H3. The lowest BCUT2D eigenvalue weighted by Gasteiger charge is -2.24. The van der Waals surface area contributed by atoms with Gasteiger partial charge in [0.2, 0.25) is 0 Å². The van der Waals surface area contributed by atoms with Gasteiger partial charge >= 0.3 is 0 Å². The molecule has 0 aliphatic carbocycles. The Bertz CT molecular complexity index is 1440. The molecule has 1 amide bonds. The van der Waals surface area contributed by atoms with Crippen LogP contribution in [0.15, 0.2) is 48.5 Å². The number of carbonyl (C=O) groups is 1. The van der Waals surface area contributed by atoms with Crippen molar-refractivity contribution in [3.8, 4) is 5.69 Å². The van der Waals surface area contributed by atoms with Gasteiger partial charge in [0, 0.05) is 37.6 Å². The highest BCUT2D eigenvalue weighted by molar-refractivity contribution is 6.36. The molecular weight excluding hydrogens is 507 g/mol. The van der Waals surface area contributed by atoms with Gasteiger partial charge in [0.25, 0.3) is 5.91 Å². The Labute approximate surface area is 227 Å². The molecule has 192 valence electrons. The first kappa shape index (κ1) is 25.5. The number of amides is 1. The normalized spacial score (nSPS) is 14.4. The van der Waals surface area contributed by atoms with Crippen LogP contribution in [-0.4, -0.2) is 56.7 Å². The van der Waals surface area contributed by atoms with Crippen LogP contribution in [0.4, 0.5) is 5.82 Å². The Balaban J connectivity index is 1.50. The lowest BCUT2D eigenvalue weighted by Crippen LogP contribution is -2.35.